The van der Waals surface area contributed by atoms with Crippen LogP contribution in [-0.4, -0.2) is 32.3 Å². The molecule has 7 heteroatoms. The van der Waals surface area contributed by atoms with Gasteiger partial charge in [0, 0.05) is 24.4 Å². The zero-order chi connectivity index (χ0) is 17.1. The minimum absolute atomic E-state index is 0.0477. The van der Waals surface area contributed by atoms with Gasteiger partial charge >= 0.3 is 0 Å². The Hall–Kier alpha value is -2.02. The molecule has 3 rings (SSSR count). The first-order valence-electron chi connectivity index (χ1n) is 8.41. The second-order valence-electron chi connectivity index (χ2n) is 6.10. The highest BCUT2D eigenvalue weighted by Gasteiger charge is 2.28. The van der Waals surface area contributed by atoms with E-state index < -0.39 is 0 Å². The van der Waals surface area contributed by atoms with Crippen LogP contribution < -0.4 is 5.32 Å². The summed E-state index contributed by atoms with van der Waals surface area (Å²) in [4.78, 5) is 27.7. The summed E-state index contributed by atoms with van der Waals surface area (Å²) in [6.07, 6.45) is 3.67. The van der Waals surface area contributed by atoms with Gasteiger partial charge in [-0.3, -0.25) is 4.79 Å². The molecule has 1 atom stereocenters. The molecular formula is C17H23N5OS. The monoisotopic (exact) mass is 345 g/mol. The van der Waals surface area contributed by atoms with Gasteiger partial charge in [-0.25, -0.2) is 15.0 Å². The fourth-order valence-corrected chi connectivity index (χ4v) is 3.78. The molecule has 1 N–H and O–H groups in total. The lowest BCUT2D eigenvalue weighted by Gasteiger charge is -2.35. The molecule has 2 aromatic rings. The van der Waals surface area contributed by atoms with Crippen molar-refractivity contribution in [3.63, 3.8) is 0 Å². The summed E-state index contributed by atoms with van der Waals surface area (Å²) >= 11 is 1.55. The molecule has 1 saturated heterocycles. The summed E-state index contributed by atoms with van der Waals surface area (Å²) in [6.45, 7) is 6.58. The smallest absolute Gasteiger partial charge is 0.222 e. The fraction of sp³-hybridized carbons (Fsp3) is 0.529. The standard InChI is InChI=1S/C17H23N5OS/c1-4-16(23)22-8-6-5-7-14(22)13-9-15(20-12(3)19-13)21-17-18-11(2)10-24-17/h9-10,14H,4-8H2,1-3H3,(H,18,19,20,21)/t14-/m1/s1. The Kier molecular flexibility index (Phi) is 5.08. The summed E-state index contributed by atoms with van der Waals surface area (Å²) in [5, 5.41) is 6.08. The van der Waals surface area contributed by atoms with Crippen molar-refractivity contribution in [3.8, 4) is 0 Å². The van der Waals surface area contributed by atoms with Gasteiger partial charge in [-0.15, -0.1) is 11.3 Å². The van der Waals surface area contributed by atoms with Crippen LogP contribution >= 0.6 is 11.3 Å². The van der Waals surface area contributed by atoms with Crippen molar-refractivity contribution in [2.45, 2.75) is 52.5 Å². The van der Waals surface area contributed by atoms with E-state index in [-0.39, 0.29) is 11.9 Å². The third-order valence-corrected chi connectivity index (χ3v) is 5.05. The Labute approximate surface area is 146 Å². The van der Waals surface area contributed by atoms with Gasteiger partial charge in [0.2, 0.25) is 5.91 Å². The van der Waals surface area contributed by atoms with E-state index in [4.69, 9.17) is 0 Å². The summed E-state index contributed by atoms with van der Waals surface area (Å²) in [5.41, 5.74) is 1.90. The molecule has 0 unspecified atom stereocenters. The van der Waals surface area contributed by atoms with E-state index in [1.165, 1.54) is 0 Å². The number of anilines is 2. The molecule has 1 fully saturated rings. The Morgan fingerprint density at radius 1 is 1.33 bits per heavy atom. The molecule has 3 heterocycles. The second kappa shape index (κ2) is 7.25. The van der Waals surface area contributed by atoms with Crippen LogP contribution in [0.1, 0.15) is 55.9 Å². The summed E-state index contributed by atoms with van der Waals surface area (Å²) in [7, 11) is 0. The number of aryl methyl sites for hydroxylation is 2. The summed E-state index contributed by atoms with van der Waals surface area (Å²) < 4.78 is 0. The third-order valence-electron chi connectivity index (χ3n) is 4.18. The predicted molar refractivity (Wildman–Crippen MR) is 95.5 cm³/mol. The Morgan fingerprint density at radius 2 is 2.17 bits per heavy atom. The van der Waals surface area contributed by atoms with E-state index >= 15 is 0 Å². The van der Waals surface area contributed by atoms with E-state index in [0.717, 1.165) is 48.1 Å². The number of piperidine rings is 1. The van der Waals surface area contributed by atoms with Crippen molar-refractivity contribution in [1.82, 2.24) is 19.9 Å². The maximum atomic E-state index is 12.3. The molecular weight excluding hydrogens is 322 g/mol. The number of nitrogens with zero attached hydrogens (tertiary/aromatic N) is 4. The molecule has 1 amide bonds. The molecule has 0 aromatic carbocycles. The van der Waals surface area contributed by atoms with Crippen molar-refractivity contribution >= 4 is 28.2 Å². The van der Waals surface area contributed by atoms with Gasteiger partial charge in [-0.2, -0.15) is 0 Å². The van der Waals surface area contributed by atoms with Gasteiger partial charge < -0.3 is 10.2 Å². The Morgan fingerprint density at radius 3 is 2.88 bits per heavy atom. The van der Waals surface area contributed by atoms with Crippen LogP contribution in [0.2, 0.25) is 0 Å². The minimum atomic E-state index is 0.0477. The number of amides is 1. The molecule has 0 aliphatic carbocycles. The lowest BCUT2D eigenvalue weighted by molar-refractivity contribution is -0.134. The maximum absolute atomic E-state index is 12.3. The van der Waals surface area contributed by atoms with Crippen LogP contribution in [0.3, 0.4) is 0 Å². The first-order chi connectivity index (χ1) is 11.6. The number of rotatable bonds is 4. The normalized spacial score (nSPS) is 17.8. The summed E-state index contributed by atoms with van der Waals surface area (Å²) in [6, 6.07) is 2.00. The molecule has 2 aromatic heterocycles. The average molecular weight is 345 g/mol. The van der Waals surface area contributed by atoms with E-state index in [0.29, 0.717) is 12.2 Å². The third kappa shape index (κ3) is 3.72. The molecule has 1 aliphatic rings. The highest BCUT2D eigenvalue weighted by Crippen LogP contribution is 2.32. The maximum Gasteiger partial charge on any atom is 0.222 e. The number of likely N-dealkylation sites (tertiary alicyclic amines) is 1. The van der Waals surface area contributed by atoms with Crippen molar-refractivity contribution in [2.24, 2.45) is 0 Å². The Bertz CT molecular complexity index is 730. The minimum Gasteiger partial charge on any atom is -0.334 e. The number of carbonyl (C=O) groups is 1. The van der Waals surface area contributed by atoms with Crippen molar-refractivity contribution in [1.29, 1.82) is 0 Å². The average Bonchev–Trinajstić information content (AvgIpc) is 2.98. The molecule has 0 radical (unpaired) electrons. The number of nitrogens with one attached hydrogen (secondary N) is 1. The first-order valence-corrected chi connectivity index (χ1v) is 9.29. The van der Waals surface area contributed by atoms with Gasteiger partial charge in [0.1, 0.15) is 11.6 Å². The summed E-state index contributed by atoms with van der Waals surface area (Å²) in [5.74, 6) is 1.64. The van der Waals surface area contributed by atoms with Crippen molar-refractivity contribution in [3.05, 3.63) is 28.7 Å². The SMILES string of the molecule is CCC(=O)N1CCCC[C@@H]1c1cc(Nc2nc(C)cs2)nc(C)n1. The van der Waals surface area contributed by atoms with Crippen molar-refractivity contribution < 1.29 is 4.79 Å². The fourth-order valence-electron chi connectivity index (χ4n) is 3.09. The molecule has 0 bridgehead atoms. The van der Waals surface area contributed by atoms with Crippen LogP contribution in [0, 0.1) is 13.8 Å². The lowest BCUT2D eigenvalue weighted by atomic mass is 9.98. The number of aromatic nitrogens is 3. The van der Waals surface area contributed by atoms with E-state index in [1.807, 2.05) is 37.1 Å². The lowest BCUT2D eigenvalue weighted by Crippen LogP contribution is -2.38. The van der Waals surface area contributed by atoms with E-state index in [1.54, 1.807) is 11.3 Å². The predicted octanol–water partition coefficient (Wildman–Crippen LogP) is 3.76. The highest BCUT2D eigenvalue weighted by atomic mass is 32.1. The van der Waals surface area contributed by atoms with Gasteiger partial charge in [-0.1, -0.05) is 6.92 Å². The van der Waals surface area contributed by atoms with Crippen LogP contribution in [0.4, 0.5) is 10.9 Å². The van der Waals surface area contributed by atoms with Crippen LogP contribution in [0.15, 0.2) is 11.4 Å². The number of carbonyl (C=O) groups excluding carboxylic acids is 1. The van der Waals surface area contributed by atoms with E-state index in [9.17, 15) is 4.79 Å². The highest BCUT2D eigenvalue weighted by molar-refractivity contribution is 7.13. The largest absolute Gasteiger partial charge is 0.334 e. The van der Waals surface area contributed by atoms with Gasteiger partial charge in [0.05, 0.1) is 17.4 Å². The number of thiazole rings is 1. The molecule has 6 nitrogen and oxygen atoms in total. The quantitative estimate of drug-likeness (QED) is 0.913. The molecule has 0 saturated carbocycles. The van der Waals surface area contributed by atoms with Crippen LogP contribution in [0.25, 0.3) is 0 Å². The molecule has 24 heavy (non-hydrogen) atoms. The van der Waals surface area contributed by atoms with Gasteiger partial charge in [0.15, 0.2) is 5.13 Å². The zero-order valence-corrected chi connectivity index (χ0v) is 15.2. The van der Waals surface area contributed by atoms with E-state index in [2.05, 4.69) is 20.3 Å². The van der Waals surface area contributed by atoms with Crippen LogP contribution in [0.5, 0.6) is 0 Å². The zero-order valence-electron chi connectivity index (χ0n) is 14.4. The number of hydrogen-bond acceptors (Lipinski definition) is 6. The molecule has 0 spiro atoms. The van der Waals surface area contributed by atoms with Gasteiger partial charge in [-0.05, 0) is 33.1 Å². The first kappa shape index (κ1) is 16.8. The molecule has 1 aliphatic heterocycles. The number of hydrogen-bond donors (Lipinski definition) is 1. The van der Waals surface area contributed by atoms with Crippen LogP contribution in [-0.2, 0) is 4.79 Å². The Balaban J connectivity index is 1.87. The topological polar surface area (TPSA) is 71.0 Å². The van der Waals surface area contributed by atoms with Crippen molar-refractivity contribution in [2.75, 3.05) is 11.9 Å². The molecule has 128 valence electrons. The second-order valence-corrected chi connectivity index (χ2v) is 6.95. The van der Waals surface area contributed by atoms with Gasteiger partial charge in [0.25, 0.3) is 0 Å².